The first-order valence-corrected chi connectivity index (χ1v) is 6.09. The van der Waals surface area contributed by atoms with Gasteiger partial charge in [0.05, 0.1) is 7.11 Å². The molecule has 0 aromatic carbocycles. The van der Waals surface area contributed by atoms with Crippen molar-refractivity contribution in [1.82, 2.24) is 15.1 Å². The lowest BCUT2D eigenvalue weighted by Crippen LogP contribution is -2.41. The topological polar surface area (TPSA) is 111 Å². The molecule has 0 aliphatic rings. The third kappa shape index (κ3) is 5.51. The molecule has 0 saturated carbocycles. The molecule has 0 bridgehead atoms. The molecule has 8 heteroatoms. The van der Waals surface area contributed by atoms with Crippen LogP contribution in [0.2, 0.25) is 0 Å². The number of aromatic nitrogens is 2. The minimum atomic E-state index is -1.18. The molecule has 1 heterocycles. The Kier molecular flexibility index (Phi) is 6.21. The van der Waals surface area contributed by atoms with Crippen LogP contribution < -0.4 is 5.32 Å². The van der Waals surface area contributed by atoms with Crippen molar-refractivity contribution in [2.45, 2.75) is 31.8 Å². The molecule has 20 heavy (non-hydrogen) atoms. The van der Waals surface area contributed by atoms with Gasteiger partial charge in [-0.1, -0.05) is 0 Å². The van der Waals surface area contributed by atoms with E-state index in [-0.39, 0.29) is 19.3 Å². The van der Waals surface area contributed by atoms with Gasteiger partial charge in [-0.15, -0.1) is 0 Å². The van der Waals surface area contributed by atoms with Crippen molar-refractivity contribution in [3.8, 4) is 0 Å². The lowest BCUT2D eigenvalue weighted by atomic mass is 10.1. The van der Waals surface area contributed by atoms with Gasteiger partial charge in [0, 0.05) is 31.8 Å². The Morgan fingerprint density at radius 1 is 1.40 bits per heavy atom. The van der Waals surface area contributed by atoms with Crippen molar-refractivity contribution >= 4 is 17.8 Å². The minimum Gasteiger partial charge on any atom is -0.480 e. The Labute approximate surface area is 115 Å². The van der Waals surface area contributed by atoms with Gasteiger partial charge in [0.15, 0.2) is 0 Å². The fourth-order valence-corrected chi connectivity index (χ4v) is 1.54. The number of aliphatic carboxylic acids is 1. The summed E-state index contributed by atoms with van der Waals surface area (Å²) in [7, 11) is 1.22. The summed E-state index contributed by atoms with van der Waals surface area (Å²) in [5.41, 5.74) is 0. The largest absolute Gasteiger partial charge is 0.480 e. The van der Waals surface area contributed by atoms with E-state index in [1.165, 1.54) is 7.11 Å². The van der Waals surface area contributed by atoms with Crippen molar-refractivity contribution in [3.63, 3.8) is 0 Å². The van der Waals surface area contributed by atoms with E-state index in [0.717, 1.165) is 0 Å². The zero-order valence-electron chi connectivity index (χ0n) is 11.1. The van der Waals surface area contributed by atoms with Gasteiger partial charge in [-0.2, -0.15) is 5.10 Å². The van der Waals surface area contributed by atoms with Gasteiger partial charge in [-0.05, 0) is 12.5 Å². The number of nitrogens with one attached hydrogen (secondary N) is 1. The predicted molar refractivity (Wildman–Crippen MR) is 67.7 cm³/mol. The lowest BCUT2D eigenvalue weighted by Gasteiger charge is -2.13. The van der Waals surface area contributed by atoms with Crippen molar-refractivity contribution < 1.29 is 24.2 Å². The van der Waals surface area contributed by atoms with Crippen molar-refractivity contribution in [2.75, 3.05) is 7.11 Å². The van der Waals surface area contributed by atoms with Gasteiger partial charge in [0.25, 0.3) is 0 Å². The summed E-state index contributed by atoms with van der Waals surface area (Å²) in [6.45, 7) is 0.363. The van der Waals surface area contributed by atoms with E-state index in [0.29, 0.717) is 6.54 Å². The smallest absolute Gasteiger partial charge is 0.326 e. The second kappa shape index (κ2) is 7.93. The van der Waals surface area contributed by atoms with Crippen molar-refractivity contribution in [1.29, 1.82) is 0 Å². The van der Waals surface area contributed by atoms with E-state index in [1.54, 1.807) is 23.1 Å². The number of carboxylic acid groups (broad SMARTS) is 1. The number of carbonyl (C=O) groups excluding carboxylic acids is 2. The number of methoxy groups -OCH3 is 1. The number of amides is 1. The van der Waals surface area contributed by atoms with Crippen LogP contribution in [0.1, 0.15) is 19.3 Å². The van der Waals surface area contributed by atoms with Gasteiger partial charge in [0.1, 0.15) is 6.04 Å². The van der Waals surface area contributed by atoms with Crippen LogP contribution in [-0.4, -0.2) is 45.9 Å². The average Bonchev–Trinajstić information content (AvgIpc) is 2.93. The summed E-state index contributed by atoms with van der Waals surface area (Å²) < 4.78 is 6.00. The number of ether oxygens (including phenoxy) is 1. The molecule has 1 rings (SSSR count). The number of hydrogen-bond acceptors (Lipinski definition) is 5. The lowest BCUT2D eigenvalue weighted by molar-refractivity contribution is -0.144. The van der Waals surface area contributed by atoms with Crippen molar-refractivity contribution in [3.05, 3.63) is 18.5 Å². The fourth-order valence-electron chi connectivity index (χ4n) is 1.54. The SMILES string of the molecule is COC(=O)CC[C@H](NC(=O)CCn1cccn1)C(=O)O. The number of carbonyl (C=O) groups is 3. The number of esters is 1. The summed E-state index contributed by atoms with van der Waals surface area (Å²) in [4.78, 5) is 33.6. The average molecular weight is 283 g/mol. The number of aryl methyl sites for hydroxylation is 1. The highest BCUT2D eigenvalue weighted by Crippen LogP contribution is 2.01. The molecule has 0 spiro atoms. The molecule has 0 unspecified atom stereocenters. The van der Waals surface area contributed by atoms with Gasteiger partial charge < -0.3 is 15.2 Å². The van der Waals surface area contributed by atoms with Gasteiger partial charge in [-0.3, -0.25) is 14.3 Å². The quantitative estimate of drug-likeness (QED) is 0.639. The van der Waals surface area contributed by atoms with E-state index in [1.807, 2.05) is 0 Å². The molecule has 0 aliphatic heterocycles. The Morgan fingerprint density at radius 2 is 2.15 bits per heavy atom. The molecule has 1 aromatic rings. The second-order valence-corrected chi connectivity index (χ2v) is 4.09. The number of rotatable bonds is 8. The second-order valence-electron chi connectivity index (χ2n) is 4.09. The Bertz CT molecular complexity index is 458. The first-order valence-electron chi connectivity index (χ1n) is 6.09. The van der Waals surface area contributed by atoms with Crippen LogP contribution in [0.3, 0.4) is 0 Å². The summed E-state index contributed by atoms with van der Waals surface area (Å²) in [5, 5.41) is 15.3. The summed E-state index contributed by atoms with van der Waals surface area (Å²) in [6, 6.07) is 0.633. The molecule has 0 fully saturated rings. The molecule has 0 saturated heterocycles. The highest BCUT2D eigenvalue weighted by molar-refractivity contribution is 5.83. The first kappa shape index (κ1) is 15.7. The number of carboxylic acids is 1. The van der Waals surface area contributed by atoms with Gasteiger partial charge in [0.2, 0.25) is 5.91 Å². The van der Waals surface area contributed by atoms with Crippen LogP contribution >= 0.6 is 0 Å². The van der Waals surface area contributed by atoms with Crippen molar-refractivity contribution in [2.24, 2.45) is 0 Å². The third-order valence-corrected chi connectivity index (χ3v) is 2.63. The number of hydrogen-bond donors (Lipinski definition) is 2. The molecular weight excluding hydrogens is 266 g/mol. The molecular formula is C12H17N3O5. The standard InChI is InChI=1S/C12H17N3O5/c1-20-11(17)4-3-9(12(18)19)14-10(16)5-8-15-7-2-6-13-15/h2,6-7,9H,3-5,8H2,1H3,(H,14,16)(H,18,19)/t9-/m0/s1. The maximum atomic E-state index is 11.6. The summed E-state index contributed by atoms with van der Waals surface area (Å²) in [6.07, 6.45) is 3.35. The Morgan fingerprint density at radius 3 is 2.70 bits per heavy atom. The van der Waals surface area contributed by atoms with E-state index in [9.17, 15) is 14.4 Å². The molecule has 0 radical (unpaired) electrons. The normalized spacial score (nSPS) is 11.7. The van der Waals surface area contributed by atoms with E-state index >= 15 is 0 Å². The van der Waals surface area contributed by atoms with E-state index in [2.05, 4.69) is 15.2 Å². The first-order chi connectivity index (χ1) is 9.52. The Hall–Kier alpha value is -2.38. The maximum absolute atomic E-state index is 11.6. The highest BCUT2D eigenvalue weighted by Gasteiger charge is 2.21. The summed E-state index contributed by atoms with van der Waals surface area (Å²) in [5.74, 6) is -2.10. The van der Waals surface area contributed by atoms with Crippen LogP contribution in [0, 0.1) is 0 Å². The Balaban J connectivity index is 2.38. The van der Waals surface area contributed by atoms with Gasteiger partial charge >= 0.3 is 11.9 Å². The van der Waals surface area contributed by atoms with Crippen LogP contribution in [0.25, 0.3) is 0 Å². The van der Waals surface area contributed by atoms with E-state index in [4.69, 9.17) is 5.11 Å². The van der Waals surface area contributed by atoms with E-state index < -0.39 is 23.9 Å². The van der Waals surface area contributed by atoms with Gasteiger partial charge in [-0.25, -0.2) is 4.79 Å². The monoisotopic (exact) mass is 283 g/mol. The minimum absolute atomic E-state index is 0.00445. The zero-order valence-corrected chi connectivity index (χ0v) is 11.1. The number of nitrogens with zero attached hydrogens (tertiary/aromatic N) is 2. The molecule has 110 valence electrons. The molecule has 1 atom stereocenters. The fraction of sp³-hybridized carbons (Fsp3) is 0.500. The molecule has 1 aromatic heterocycles. The zero-order chi connectivity index (χ0) is 15.0. The molecule has 8 nitrogen and oxygen atoms in total. The molecule has 2 N–H and O–H groups in total. The molecule has 1 amide bonds. The summed E-state index contributed by atoms with van der Waals surface area (Å²) >= 11 is 0. The van der Waals surface area contributed by atoms with Crippen LogP contribution in [0.4, 0.5) is 0 Å². The van der Waals surface area contributed by atoms with Crippen LogP contribution in [0.15, 0.2) is 18.5 Å². The maximum Gasteiger partial charge on any atom is 0.326 e. The third-order valence-electron chi connectivity index (χ3n) is 2.63. The molecule has 0 aliphatic carbocycles. The highest BCUT2D eigenvalue weighted by atomic mass is 16.5. The predicted octanol–water partition coefficient (Wildman–Crippen LogP) is -0.204. The van der Waals surface area contributed by atoms with Crippen LogP contribution in [-0.2, 0) is 25.7 Å². The van der Waals surface area contributed by atoms with Crippen LogP contribution in [0.5, 0.6) is 0 Å².